The number of nitrogens with two attached hydrogens (primary N) is 1. The molecule has 33 heavy (non-hydrogen) atoms. The van der Waals surface area contributed by atoms with Crippen molar-refractivity contribution in [2.24, 2.45) is 17.1 Å². The number of amides is 1. The molecule has 1 amide bonds. The van der Waals surface area contributed by atoms with Gasteiger partial charge in [0.2, 0.25) is 5.91 Å². The molecule has 0 atom stereocenters. The summed E-state index contributed by atoms with van der Waals surface area (Å²) in [6.45, 7) is 7.24. The molecule has 0 saturated carbocycles. The Balaban J connectivity index is 1.80. The van der Waals surface area contributed by atoms with E-state index in [9.17, 15) is 9.59 Å². The van der Waals surface area contributed by atoms with Crippen molar-refractivity contribution < 1.29 is 14.4 Å². The molecule has 2 aromatic rings. The van der Waals surface area contributed by atoms with Gasteiger partial charge in [0.25, 0.3) is 0 Å². The van der Waals surface area contributed by atoms with Crippen molar-refractivity contribution in [3.8, 4) is 0 Å². The molecule has 1 aliphatic rings. The van der Waals surface area contributed by atoms with Crippen molar-refractivity contribution in [2.45, 2.75) is 46.7 Å². The number of benzene rings is 2. The van der Waals surface area contributed by atoms with Crippen LogP contribution in [0.2, 0.25) is 5.02 Å². The number of rotatable bonds is 6. The highest BCUT2D eigenvalue weighted by atomic mass is 79.9. The van der Waals surface area contributed by atoms with Gasteiger partial charge in [0.1, 0.15) is 0 Å². The van der Waals surface area contributed by atoms with Crippen LogP contribution in [0.4, 0.5) is 5.69 Å². The molecule has 2 aromatic carbocycles. The van der Waals surface area contributed by atoms with Gasteiger partial charge in [-0.3, -0.25) is 4.79 Å². The van der Waals surface area contributed by atoms with Gasteiger partial charge < -0.3 is 15.5 Å². The lowest BCUT2D eigenvalue weighted by molar-refractivity contribution is -0.205. The zero-order valence-electron chi connectivity index (χ0n) is 19.3. The second-order valence-corrected chi connectivity index (χ2v) is 10.6. The van der Waals surface area contributed by atoms with Crippen LogP contribution >= 0.6 is 27.5 Å². The number of hydrogen-bond acceptors (Lipinski definition) is 5. The molecule has 3 rings (SSSR count). The molecule has 1 aliphatic heterocycles. The number of halogens is 2. The topological polar surface area (TPSA) is 75.9 Å². The molecule has 0 aliphatic carbocycles. The summed E-state index contributed by atoms with van der Waals surface area (Å²) in [4.78, 5) is 33.3. The van der Waals surface area contributed by atoms with Crippen LogP contribution in [0.1, 0.15) is 44.7 Å². The maximum Gasteiger partial charge on any atom is 0.330 e. The van der Waals surface area contributed by atoms with Crippen molar-refractivity contribution in [2.75, 3.05) is 18.0 Å². The standard InChI is InChI=1S/C25H31BrClN3O3/c1-25(2,3)24(32)33-29-11-9-18(10-12-29)23(31)30(16-17-7-5-4-6-8-17)22-13-19(15-28)21(27)14-20(22)26/h4-8,13-14,18H,9-12,15-16,28H2,1-3H3. The van der Waals surface area contributed by atoms with E-state index in [1.54, 1.807) is 16.0 Å². The molecule has 0 radical (unpaired) electrons. The first-order valence-corrected chi connectivity index (χ1v) is 12.3. The van der Waals surface area contributed by atoms with E-state index in [1.807, 2.05) is 57.2 Å². The lowest BCUT2D eigenvalue weighted by atomic mass is 9.95. The third-order valence-electron chi connectivity index (χ3n) is 5.70. The maximum absolute atomic E-state index is 13.7. The van der Waals surface area contributed by atoms with E-state index in [0.29, 0.717) is 37.5 Å². The van der Waals surface area contributed by atoms with Crippen molar-refractivity contribution >= 4 is 45.1 Å². The fourth-order valence-corrected chi connectivity index (χ4v) is 4.59. The Labute approximate surface area is 209 Å². The Bertz CT molecular complexity index is 986. The van der Waals surface area contributed by atoms with Crippen LogP contribution < -0.4 is 10.6 Å². The summed E-state index contributed by atoms with van der Waals surface area (Å²) in [6, 6.07) is 13.6. The molecule has 1 saturated heterocycles. The Morgan fingerprint density at radius 3 is 2.39 bits per heavy atom. The Morgan fingerprint density at radius 1 is 1.18 bits per heavy atom. The number of hydrogen-bond donors (Lipinski definition) is 1. The molecule has 0 bridgehead atoms. The van der Waals surface area contributed by atoms with Crippen molar-refractivity contribution in [3.05, 3.63) is 63.1 Å². The van der Waals surface area contributed by atoms with Crippen molar-refractivity contribution in [1.82, 2.24) is 5.06 Å². The van der Waals surface area contributed by atoms with Gasteiger partial charge in [-0.05, 0) is 72.8 Å². The lowest BCUT2D eigenvalue weighted by Crippen LogP contribution is -2.44. The summed E-state index contributed by atoms with van der Waals surface area (Å²) < 4.78 is 0.741. The largest absolute Gasteiger partial charge is 0.367 e. The normalized spacial score (nSPS) is 15.3. The highest BCUT2D eigenvalue weighted by molar-refractivity contribution is 9.10. The zero-order chi connectivity index (χ0) is 24.2. The molecule has 1 fully saturated rings. The van der Waals surface area contributed by atoms with Gasteiger partial charge in [-0.15, -0.1) is 5.06 Å². The summed E-state index contributed by atoms with van der Waals surface area (Å²) in [5.41, 5.74) is 7.86. The second-order valence-electron chi connectivity index (χ2n) is 9.34. The van der Waals surface area contributed by atoms with Gasteiger partial charge in [0.15, 0.2) is 0 Å². The minimum absolute atomic E-state index is 0.0339. The van der Waals surface area contributed by atoms with E-state index in [2.05, 4.69) is 15.9 Å². The minimum atomic E-state index is -0.569. The van der Waals surface area contributed by atoms with Gasteiger partial charge in [-0.25, -0.2) is 4.79 Å². The van der Waals surface area contributed by atoms with Gasteiger partial charge in [-0.2, -0.15) is 0 Å². The van der Waals surface area contributed by atoms with Crippen molar-refractivity contribution in [1.29, 1.82) is 0 Å². The monoisotopic (exact) mass is 535 g/mol. The zero-order valence-corrected chi connectivity index (χ0v) is 21.7. The summed E-state index contributed by atoms with van der Waals surface area (Å²) >= 11 is 9.91. The summed E-state index contributed by atoms with van der Waals surface area (Å²) in [5.74, 6) is -0.411. The predicted octanol–water partition coefficient (Wildman–Crippen LogP) is 5.31. The minimum Gasteiger partial charge on any atom is -0.367 e. The van der Waals surface area contributed by atoms with Gasteiger partial charge in [-0.1, -0.05) is 41.9 Å². The average Bonchev–Trinajstić information content (AvgIpc) is 2.78. The number of carbonyl (C=O) groups is 2. The van der Waals surface area contributed by atoms with Gasteiger partial charge in [0.05, 0.1) is 17.6 Å². The average molecular weight is 537 g/mol. The van der Waals surface area contributed by atoms with Crippen LogP contribution in [0.5, 0.6) is 0 Å². The van der Waals surface area contributed by atoms with Crippen LogP contribution in [0, 0.1) is 11.3 Å². The molecule has 0 unspecified atom stereocenters. The molecule has 6 nitrogen and oxygen atoms in total. The molecule has 1 heterocycles. The number of carbonyl (C=O) groups excluding carboxylic acids is 2. The molecular formula is C25H31BrClN3O3. The lowest BCUT2D eigenvalue weighted by Gasteiger charge is -2.34. The van der Waals surface area contributed by atoms with E-state index in [4.69, 9.17) is 22.2 Å². The summed E-state index contributed by atoms with van der Waals surface area (Å²) in [5, 5.41) is 2.23. The van der Waals surface area contributed by atoms with E-state index in [-0.39, 0.29) is 24.3 Å². The summed E-state index contributed by atoms with van der Waals surface area (Å²) in [6.07, 6.45) is 1.22. The Morgan fingerprint density at radius 2 is 1.82 bits per heavy atom. The number of nitrogens with zero attached hydrogens (tertiary/aromatic N) is 2. The van der Waals surface area contributed by atoms with Crippen LogP contribution in [-0.2, 0) is 27.5 Å². The van der Waals surface area contributed by atoms with E-state index in [0.717, 1.165) is 21.3 Å². The fourth-order valence-electron chi connectivity index (χ4n) is 3.66. The SMILES string of the molecule is CC(C)(C)C(=O)ON1CCC(C(=O)N(Cc2ccccc2)c2cc(CN)c(Cl)cc2Br)CC1. The molecule has 0 aromatic heterocycles. The third-order valence-corrected chi connectivity index (χ3v) is 6.69. The maximum atomic E-state index is 13.7. The van der Waals surface area contributed by atoms with Gasteiger partial charge in [0, 0.05) is 35.0 Å². The molecular weight excluding hydrogens is 506 g/mol. The van der Waals surface area contributed by atoms with Crippen LogP contribution in [0.3, 0.4) is 0 Å². The van der Waals surface area contributed by atoms with Gasteiger partial charge >= 0.3 is 5.97 Å². The first kappa shape index (κ1) is 25.7. The number of piperidine rings is 1. The number of hydroxylamine groups is 2. The Hall–Kier alpha value is -1.93. The second kappa shape index (κ2) is 11.0. The molecule has 0 spiro atoms. The first-order valence-electron chi connectivity index (χ1n) is 11.1. The smallest absolute Gasteiger partial charge is 0.330 e. The molecule has 8 heteroatoms. The van der Waals surface area contributed by atoms with E-state index >= 15 is 0 Å². The fraction of sp³-hybridized carbons (Fsp3) is 0.440. The van der Waals surface area contributed by atoms with Crippen LogP contribution in [0.15, 0.2) is 46.9 Å². The molecule has 2 N–H and O–H groups in total. The van der Waals surface area contributed by atoms with Crippen molar-refractivity contribution in [3.63, 3.8) is 0 Å². The highest BCUT2D eigenvalue weighted by Gasteiger charge is 2.33. The third kappa shape index (κ3) is 6.57. The van der Waals surface area contributed by atoms with Crippen LogP contribution in [-0.4, -0.2) is 30.0 Å². The first-order chi connectivity index (χ1) is 15.6. The molecule has 178 valence electrons. The van der Waals surface area contributed by atoms with E-state index < -0.39 is 5.41 Å². The quantitative estimate of drug-likeness (QED) is 0.541. The van der Waals surface area contributed by atoms with E-state index in [1.165, 1.54) is 0 Å². The van der Waals surface area contributed by atoms with Crippen LogP contribution in [0.25, 0.3) is 0 Å². The predicted molar refractivity (Wildman–Crippen MR) is 135 cm³/mol. The Kier molecular flexibility index (Phi) is 8.56. The number of anilines is 1. The summed E-state index contributed by atoms with van der Waals surface area (Å²) in [7, 11) is 0. The highest BCUT2D eigenvalue weighted by Crippen LogP contribution is 2.35.